The van der Waals surface area contributed by atoms with E-state index < -0.39 is 0 Å². The molecule has 0 bridgehead atoms. The van der Waals surface area contributed by atoms with Crippen LogP contribution in [0.5, 0.6) is 0 Å². The largest absolute Gasteiger partial charge is 0.353 e. The standard InChI is InChI=1S/C19H25N3O2S/c23-18(20-15-7-3-1-2-4-8-15)10-5-13-22-19(24)12-11-16(21-22)17-9-6-14-25-17/h6,9,11-12,14-15H,1-5,7-8,10,13H2,(H,20,23). The van der Waals surface area contributed by atoms with Gasteiger partial charge in [0.25, 0.3) is 5.56 Å². The zero-order valence-corrected chi connectivity index (χ0v) is 15.3. The minimum atomic E-state index is -0.121. The summed E-state index contributed by atoms with van der Waals surface area (Å²) in [6.45, 7) is 0.468. The van der Waals surface area contributed by atoms with Gasteiger partial charge in [0.05, 0.1) is 4.88 Å². The van der Waals surface area contributed by atoms with Gasteiger partial charge >= 0.3 is 0 Å². The molecular weight excluding hydrogens is 334 g/mol. The smallest absolute Gasteiger partial charge is 0.266 e. The van der Waals surface area contributed by atoms with Crippen LogP contribution in [0, 0.1) is 0 Å². The van der Waals surface area contributed by atoms with Crippen molar-refractivity contribution in [2.45, 2.75) is 64.0 Å². The quantitative estimate of drug-likeness (QED) is 0.802. The second-order valence-electron chi connectivity index (χ2n) is 6.62. The number of rotatable bonds is 6. The van der Waals surface area contributed by atoms with Crippen LogP contribution in [0.2, 0.25) is 0 Å². The lowest BCUT2D eigenvalue weighted by Gasteiger charge is -2.16. The van der Waals surface area contributed by atoms with Crippen molar-refractivity contribution < 1.29 is 4.79 Å². The van der Waals surface area contributed by atoms with Crippen LogP contribution in [0.4, 0.5) is 0 Å². The van der Waals surface area contributed by atoms with Crippen molar-refractivity contribution in [3.05, 3.63) is 40.0 Å². The van der Waals surface area contributed by atoms with Crippen LogP contribution in [-0.4, -0.2) is 21.7 Å². The molecule has 0 unspecified atom stereocenters. The number of amides is 1. The third-order valence-corrected chi connectivity index (χ3v) is 5.53. The van der Waals surface area contributed by atoms with E-state index in [-0.39, 0.29) is 11.5 Å². The first kappa shape index (κ1) is 17.9. The lowest BCUT2D eigenvalue weighted by atomic mass is 10.1. The number of nitrogens with one attached hydrogen (secondary N) is 1. The van der Waals surface area contributed by atoms with Crippen molar-refractivity contribution >= 4 is 17.2 Å². The maximum atomic E-state index is 12.1. The van der Waals surface area contributed by atoms with Gasteiger partial charge in [-0.15, -0.1) is 11.3 Å². The first-order chi connectivity index (χ1) is 12.2. The van der Waals surface area contributed by atoms with E-state index in [2.05, 4.69) is 10.4 Å². The predicted molar refractivity (Wildman–Crippen MR) is 101 cm³/mol. The highest BCUT2D eigenvalue weighted by Gasteiger charge is 2.14. The van der Waals surface area contributed by atoms with Crippen molar-refractivity contribution in [3.8, 4) is 10.6 Å². The molecule has 2 aromatic heterocycles. The van der Waals surface area contributed by atoms with Gasteiger partial charge in [0.1, 0.15) is 5.69 Å². The van der Waals surface area contributed by atoms with Gasteiger partial charge in [0, 0.05) is 25.1 Å². The van der Waals surface area contributed by atoms with Crippen LogP contribution in [0.3, 0.4) is 0 Å². The Balaban J connectivity index is 1.50. The normalized spacial score (nSPS) is 15.7. The summed E-state index contributed by atoms with van der Waals surface area (Å²) in [4.78, 5) is 25.2. The Morgan fingerprint density at radius 2 is 2.00 bits per heavy atom. The summed E-state index contributed by atoms with van der Waals surface area (Å²) in [6.07, 6.45) is 8.22. The van der Waals surface area contributed by atoms with Crippen molar-refractivity contribution in [2.75, 3.05) is 0 Å². The molecule has 1 amide bonds. The summed E-state index contributed by atoms with van der Waals surface area (Å²) in [5.74, 6) is 0.0920. The lowest BCUT2D eigenvalue weighted by Crippen LogP contribution is -2.34. The van der Waals surface area contributed by atoms with Crippen LogP contribution >= 0.6 is 11.3 Å². The van der Waals surface area contributed by atoms with E-state index in [1.54, 1.807) is 23.5 Å². The van der Waals surface area contributed by atoms with E-state index in [0.29, 0.717) is 25.4 Å². The first-order valence-electron chi connectivity index (χ1n) is 9.14. The van der Waals surface area contributed by atoms with Gasteiger partial charge in [-0.05, 0) is 36.8 Å². The molecule has 0 spiro atoms. The van der Waals surface area contributed by atoms with Crippen molar-refractivity contribution in [3.63, 3.8) is 0 Å². The Morgan fingerprint density at radius 3 is 2.72 bits per heavy atom. The molecule has 25 heavy (non-hydrogen) atoms. The number of hydrogen-bond donors (Lipinski definition) is 1. The summed E-state index contributed by atoms with van der Waals surface area (Å²) in [5.41, 5.74) is 0.682. The highest BCUT2D eigenvalue weighted by molar-refractivity contribution is 7.13. The highest BCUT2D eigenvalue weighted by Crippen LogP contribution is 2.21. The summed E-state index contributed by atoms with van der Waals surface area (Å²) in [6, 6.07) is 7.59. The number of carbonyl (C=O) groups excluding carboxylic acids is 1. The van der Waals surface area contributed by atoms with E-state index in [1.165, 1.54) is 30.4 Å². The topological polar surface area (TPSA) is 64.0 Å². The molecule has 0 atom stereocenters. The fraction of sp³-hybridized carbons (Fsp3) is 0.526. The summed E-state index contributed by atoms with van der Waals surface area (Å²) in [5, 5.41) is 9.56. The van der Waals surface area contributed by atoms with Gasteiger partial charge < -0.3 is 5.32 Å². The predicted octanol–water partition coefficient (Wildman–Crippen LogP) is 3.59. The Morgan fingerprint density at radius 1 is 1.20 bits per heavy atom. The number of aryl methyl sites for hydroxylation is 1. The number of hydrogen-bond acceptors (Lipinski definition) is 4. The first-order valence-corrected chi connectivity index (χ1v) is 10.0. The van der Waals surface area contributed by atoms with E-state index in [4.69, 9.17) is 0 Å². The fourth-order valence-electron chi connectivity index (χ4n) is 3.28. The molecule has 0 aliphatic heterocycles. The molecule has 1 saturated carbocycles. The molecule has 2 aromatic rings. The summed E-state index contributed by atoms with van der Waals surface area (Å²) in [7, 11) is 0. The Kier molecular flexibility index (Phi) is 6.39. The third-order valence-electron chi connectivity index (χ3n) is 4.63. The second kappa shape index (κ2) is 8.94. The number of aromatic nitrogens is 2. The van der Waals surface area contributed by atoms with E-state index in [9.17, 15) is 9.59 Å². The molecular formula is C19H25N3O2S. The Bertz CT molecular complexity index is 731. The van der Waals surface area contributed by atoms with Crippen LogP contribution in [0.1, 0.15) is 51.4 Å². The molecule has 6 heteroatoms. The minimum absolute atomic E-state index is 0.0920. The van der Waals surface area contributed by atoms with Crippen LogP contribution in [-0.2, 0) is 11.3 Å². The van der Waals surface area contributed by atoms with Crippen molar-refractivity contribution in [1.29, 1.82) is 0 Å². The van der Waals surface area contributed by atoms with Gasteiger partial charge in [-0.1, -0.05) is 31.7 Å². The maximum Gasteiger partial charge on any atom is 0.266 e. The molecule has 1 fully saturated rings. The average molecular weight is 359 g/mol. The monoisotopic (exact) mass is 359 g/mol. The molecule has 5 nitrogen and oxygen atoms in total. The van der Waals surface area contributed by atoms with Crippen LogP contribution in [0.25, 0.3) is 10.6 Å². The van der Waals surface area contributed by atoms with Crippen LogP contribution < -0.4 is 10.9 Å². The SMILES string of the molecule is O=C(CCCn1nc(-c2cccs2)ccc1=O)NC1CCCCCC1. The molecule has 1 N–H and O–H groups in total. The van der Waals surface area contributed by atoms with Crippen molar-refractivity contribution in [2.24, 2.45) is 0 Å². The van der Waals surface area contributed by atoms with Gasteiger partial charge in [-0.3, -0.25) is 9.59 Å². The zero-order chi connectivity index (χ0) is 17.5. The lowest BCUT2D eigenvalue weighted by molar-refractivity contribution is -0.122. The average Bonchev–Trinajstić information content (AvgIpc) is 3.02. The van der Waals surface area contributed by atoms with E-state index in [1.807, 2.05) is 17.5 Å². The zero-order valence-electron chi connectivity index (χ0n) is 14.4. The maximum absolute atomic E-state index is 12.1. The molecule has 1 aliphatic rings. The Labute approximate surface area is 152 Å². The van der Waals surface area contributed by atoms with E-state index >= 15 is 0 Å². The molecule has 0 saturated heterocycles. The molecule has 1 aliphatic carbocycles. The number of thiophene rings is 1. The molecule has 3 rings (SSSR count). The summed E-state index contributed by atoms with van der Waals surface area (Å²) >= 11 is 1.60. The molecule has 0 aromatic carbocycles. The fourth-order valence-corrected chi connectivity index (χ4v) is 3.97. The van der Waals surface area contributed by atoms with Gasteiger partial charge in [0.2, 0.25) is 5.91 Å². The number of carbonyl (C=O) groups is 1. The molecule has 134 valence electrons. The van der Waals surface area contributed by atoms with E-state index in [0.717, 1.165) is 23.4 Å². The minimum Gasteiger partial charge on any atom is -0.353 e. The van der Waals surface area contributed by atoms with Crippen LogP contribution in [0.15, 0.2) is 34.4 Å². The van der Waals surface area contributed by atoms with Gasteiger partial charge in [-0.25, -0.2) is 4.68 Å². The van der Waals surface area contributed by atoms with Gasteiger partial charge in [-0.2, -0.15) is 5.10 Å². The highest BCUT2D eigenvalue weighted by atomic mass is 32.1. The molecule has 2 heterocycles. The number of nitrogens with zero attached hydrogens (tertiary/aromatic N) is 2. The van der Waals surface area contributed by atoms with Crippen molar-refractivity contribution in [1.82, 2.24) is 15.1 Å². The molecule has 0 radical (unpaired) electrons. The second-order valence-corrected chi connectivity index (χ2v) is 7.56. The summed E-state index contributed by atoms with van der Waals surface area (Å²) < 4.78 is 1.47. The van der Waals surface area contributed by atoms with Gasteiger partial charge in [0.15, 0.2) is 0 Å². The Hall–Kier alpha value is -1.95. The third kappa shape index (κ3) is 5.26.